The van der Waals surface area contributed by atoms with Gasteiger partial charge in [0.2, 0.25) is 0 Å². The Morgan fingerprint density at radius 1 is 0.952 bits per heavy atom. The number of benzene rings is 2. The number of hydrogen-bond acceptors (Lipinski definition) is 4. The molecule has 0 spiro atoms. The second kappa shape index (κ2) is 6.87. The molecule has 0 saturated carbocycles. The molecule has 3 rings (SSSR count). The van der Waals surface area contributed by atoms with E-state index >= 15 is 0 Å². The van der Waals surface area contributed by atoms with Crippen LogP contribution in [0.25, 0.3) is 0 Å². The van der Waals surface area contributed by atoms with Gasteiger partial charge in [0.25, 0.3) is 0 Å². The number of aryl methyl sites for hydroxylation is 1. The van der Waals surface area contributed by atoms with Gasteiger partial charge >= 0.3 is 0 Å². The summed E-state index contributed by atoms with van der Waals surface area (Å²) < 4.78 is 5.76. The first-order chi connectivity index (χ1) is 10.3. The third-order valence-corrected chi connectivity index (χ3v) is 4.31. The van der Waals surface area contributed by atoms with E-state index in [4.69, 9.17) is 4.18 Å². The monoisotopic (exact) mass is 300 g/mol. The molecule has 1 aliphatic rings. The van der Waals surface area contributed by atoms with E-state index in [1.54, 1.807) is 0 Å². The standard InChI is InChI=1S/C17H20N2OS/c1-14-2-8-17(9-3-14)21-20-16-6-4-15(5-7-16)19-12-10-18-11-13-19/h2-9,18H,10-13H2,1H3. The van der Waals surface area contributed by atoms with Crippen LogP contribution in [0.3, 0.4) is 0 Å². The lowest BCUT2D eigenvalue weighted by Gasteiger charge is -2.29. The number of rotatable bonds is 4. The summed E-state index contributed by atoms with van der Waals surface area (Å²) in [4.78, 5) is 3.51. The summed E-state index contributed by atoms with van der Waals surface area (Å²) in [6, 6.07) is 16.7. The minimum Gasteiger partial charge on any atom is -0.421 e. The van der Waals surface area contributed by atoms with Crippen molar-refractivity contribution in [3.63, 3.8) is 0 Å². The molecule has 1 fully saturated rings. The van der Waals surface area contributed by atoms with Crippen LogP contribution in [0.2, 0.25) is 0 Å². The summed E-state index contributed by atoms with van der Waals surface area (Å²) in [7, 11) is 0. The molecule has 110 valence electrons. The zero-order chi connectivity index (χ0) is 14.5. The normalized spacial score (nSPS) is 15.0. The van der Waals surface area contributed by atoms with Crippen LogP contribution in [0, 0.1) is 6.92 Å². The molecule has 0 atom stereocenters. The van der Waals surface area contributed by atoms with Gasteiger partial charge in [-0.2, -0.15) is 0 Å². The molecule has 3 nitrogen and oxygen atoms in total. The Morgan fingerprint density at radius 3 is 2.29 bits per heavy atom. The Hall–Kier alpha value is -1.65. The molecule has 0 aromatic heterocycles. The van der Waals surface area contributed by atoms with Crippen molar-refractivity contribution in [2.75, 3.05) is 31.1 Å². The average Bonchev–Trinajstić information content (AvgIpc) is 2.56. The second-order valence-electron chi connectivity index (χ2n) is 5.21. The van der Waals surface area contributed by atoms with E-state index in [1.807, 2.05) is 12.1 Å². The highest BCUT2D eigenvalue weighted by molar-refractivity contribution is 7.95. The van der Waals surface area contributed by atoms with Crippen LogP contribution in [0.15, 0.2) is 53.4 Å². The first-order valence-electron chi connectivity index (χ1n) is 7.28. The number of anilines is 1. The Kier molecular flexibility index (Phi) is 4.68. The van der Waals surface area contributed by atoms with Gasteiger partial charge in [0, 0.05) is 36.8 Å². The predicted molar refractivity (Wildman–Crippen MR) is 89.2 cm³/mol. The third-order valence-electron chi connectivity index (χ3n) is 3.57. The van der Waals surface area contributed by atoms with Crippen LogP contribution < -0.4 is 14.4 Å². The molecule has 0 aliphatic carbocycles. The van der Waals surface area contributed by atoms with Gasteiger partial charge in [0.15, 0.2) is 0 Å². The summed E-state index contributed by atoms with van der Waals surface area (Å²) in [5, 5.41) is 3.37. The van der Waals surface area contributed by atoms with E-state index in [2.05, 4.69) is 53.5 Å². The average molecular weight is 300 g/mol. The van der Waals surface area contributed by atoms with Gasteiger partial charge in [-0.3, -0.25) is 0 Å². The first kappa shape index (κ1) is 14.3. The van der Waals surface area contributed by atoms with E-state index in [0.717, 1.165) is 36.8 Å². The number of piperazine rings is 1. The number of nitrogens with one attached hydrogen (secondary N) is 1. The largest absolute Gasteiger partial charge is 0.421 e. The van der Waals surface area contributed by atoms with Gasteiger partial charge in [-0.1, -0.05) is 17.7 Å². The molecule has 1 N–H and O–H groups in total. The van der Waals surface area contributed by atoms with Crippen molar-refractivity contribution < 1.29 is 4.18 Å². The molecule has 1 aliphatic heterocycles. The maximum Gasteiger partial charge on any atom is 0.138 e. The molecule has 0 bridgehead atoms. The molecule has 0 unspecified atom stereocenters. The van der Waals surface area contributed by atoms with Crippen LogP contribution >= 0.6 is 12.0 Å². The highest BCUT2D eigenvalue weighted by Crippen LogP contribution is 2.26. The zero-order valence-corrected chi connectivity index (χ0v) is 13.0. The molecular formula is C17H20N2OS. The quantitative estimate of drug-likeness (QED) is 0.874. The Balaban J connectivity index is 1.57. The van der Waals surface area contributed by atoms with Crippen LogP contribution in [-0.2, 0) is 0 Å². The molecule has 21 heavy (non-hydrogen) atoms. The molecule has 2 aromatic carbocycles. The van der Waals surface area contributed by atoms with Crippen LogP contribution in [0.5, 0.6) is 5.75 Å². The molecule has 0 amide bonds. The summed E-state index contributed by atoms with van der Waals surface area (Å²) in [6.45, 7) is 6.34. The van der Waals surface area contributed by atoms with Crippen molar-refractivity contribution in [2.45, 2.75) is 11.8 Å². The van der Waals surface area contributed by atoms with Gasteiger partial charge in [0.05, 0.1) is 12.0 Å². The summed E-state index contributed by atoms with van der Waals surface area (Å²) in [6.07, 6.45) is 0. The molecular weight excluding hydrogens is 280 g/mol. The summed E-state index contributed by atoms with van der Waals surface area (Å²) in [5.74, 6) is 0.888. The van der Waals surface area contributed by atoms with E-state index in [-0.39, 0.29) is 0 Å². The van der Waals surface area contributed by atoms with Crippen molar-refractivity contribution in [3.8, 4) is 5.75 Å². The smallest absolute Gasteiger partial charge is 0.138 e. The fraction of sp³-hybridized carbons (Fsp3) is 0.294. The maximum atomic E-state index is 5.76. The third kappa shape index (κ3) is 3.93. The lowest BCUT2D eigenvalue weighted by atomic mass is 10.2. The highest BCUT2D eigenvalue weighted by atomic mass is 32.2. The highest BCUT2D eigenvalue weighted by Gasteiger charge is 2.10. The van der Waals surface area contributed by atoms with Crippen molar-refractivity contribution in [3.05, 3.63) is 54.1 Å². The summed E-state index contributed by atoms with van der Waals surface area (Å²) in [5.41, 5.74) is 2.53. The first-order valence-corrected chi connectivity index (χ1v) is 8.02. The van der Waals surface area contributed by atoms with Crippen LogP contribution in [-0.4, -0.2) is 26.2 Å². The molecule has 4 heteroatoms. The topological polar surface area (TPSA) is 24.5 Å². The summed E-state index contributed by atoms with van der Waals surface area (Å²) >= 11 is 1.40. The fourth-order valence-corrected chi connectivity index (χ4v) is 2.88. The second-order valence-corrected chi connectivity index (χ2v) is 6.02. The van der Waals surface area contributed by atoms with Gasteiger partial charge < -0.3 is 14.4 Å². The number of hydrogen-bond donors (Lipinski definition) is 1. The molecule has 2 aromatic rings. The number of nitrogens with zero attached hydrogens (tertiary/aromatic N) is 1. The van der Waals surface area contributed by atoms with Gasteiger partial charge in [-0.15, -0.1) is 0 Å². The van der Waals surface area contributed by atoms with Crippen molar-refractivity contribution in [1.29, 1.82) is 0 Å². The van der Waals surface area contributed by atoms with Crippen LogP contribution in [0.1, 0.15) is 5.56 Å². The lowest BCUT2D eigenvalue weighted by Crippen LogP contribution is -2.43. The lowest BCUT2D eigenvalue weighted by molar-refractivity contribution is 0.588. The van der Waals surface area contributed by atoms with Gasteiger partial charge in [0.1, 0.15) is 5.75 Å². The van der Waals surface area contributed by atoms with Crippen molar-refractivity contribution >= 4 is 17.7 Å². The van der Waals surface area contributed by atoms with E-state index in [9.17, 15) is 0 Å². The Morgan fingerprint density at radius 2 is 1.62 bits per heavy atom. The minimum atomic E-state index is 0.888. The van der Waals surface area contributed by atoms with Gasteiger partial charge in [-0.05, 0) is 43.3 Å². The maximum absolute atomic E-state index is 5.76. The van der Waals surface area contributed by atoms with Crippen molar-refractivity contribution in [1.82, 2.24) is 5.32 Å². The minimum absolute atomic E-state index is 0.888. The Bertz CT molecular complexity index is 562. The van der Waals surface area contributed by atoms with E-state index in [1.165, 1.54) is 23.3 Å². The SMILES string of the molecule is Cc1ccc(SOc2ccc(N3CCNCC3)cc2)cc1. The van der Waals surface area contributed by atoms with E-state index < -0.39 is 0 Å². The van der Waals surface area contributed by atoms with Crippen molar-refractivity contribution in [2.24, 2.45) is 0 Å². The van der Waals surface area contributed by atoms with E-state index in [0.29, 0.717) is 0 Å². The Labute approximate surface area is 130 Å². The van der Waals surface area contributed by atoms with Gasteiger partial charge in [-0.25, -0.2) is 0 Å². The molecule has 1 saturated heterocycles. The zero-order valence-electron chi connectivity index (χ0n) is 12.2. The van der Waals surface area contributed by atoms with Crippen LogP contribution in [0.4, 0.5) is 5.69 Å². The predicted octanol–water partition coefficient (Wildman–Crippen LogP) is 3.49. The molecule has 1 heterocycles. The fourth-order valence-electron chi connectivity index (χ4n) is 2.33. The molecule has 0 radical (unpaired) electrons.